The van der Waals surface area contributed by atoms with Crippen molar-refractivity contribution in [1.29, 1.82) is 5.26 Å². The molecule has 0 saturated carbocycles. The molecule has 0 atom stereocenters. The number of carboxylic acid groups (broad SMARTS) is 1. The molecule has 100 valence electrons. The summed E-state index contributed by atoms with van der Waals surface area (Å²) in [6.07, 6.45) is 0. The Kier molecular flexibility index (Phi) is 4.76. The van der Waals surface area contributed by atoms with E-state index in [0.29, 0.717) is 16.8 Å². The Labute approximate surface area is 109 Å². The van der Waals surface area contributed by atoms with Crippen LogP contribution in [0.4, 0.5) is 5.82 Å². The van der Waals surface area contributed by atoms with E-state index in [1.807, 2.05) is 6.07 Å². The van der Waals surface area contributed by atoms with E-state index in [2.05, 4.69) is 20.8 Å². The van der Waals surface area contributed by atoms with E-state index in [-0.39, 0.29) is 12.4 Å². The number of rotatable bonds is 5. The van der Waals surface area contributed by atoms with Crippen molar-refractivity contribution in [3.63, 3.8) is 0 Å². The Morgan fingerprint density at radius 2 is 2.00 bits per heavy atom. The molecule has 1 aromatic heterocycles. The van der Waals surface area contributed by atoms with E-state index >= 15 is 0 Å². The molecule has 3 N–H and O–H groups in total. The summed E-state index contributed by atoms with van der Waals surface area (Å²) < 4.78 is 0. The second-order valence-corrected chi connectivity index (χ2v) is 3.77. The van der Waals surface area contributed by atoms with Gasteiger partial charge in [0, 0.05) is 0 Å². The van der Waals surface area contributed by atoms with Gasteiger partial charge in [-0.1, -0.05) is 0 Å². The molecule has 0 aromatic carbocycles. The van der Waals surface area contributed by atoms with Gasteiger partial charge >= 0.3 is 5.97 Å². The third-order valence-electron chi connectivity index (χ3n) is 2.42. The van der Waals surface area contributed by atoms with Gasteiger partial charge in [-0.2, -0.15) is 10.4 Å². The van der Waals surface area contributed by atoms with Gasteiger partial charge in [0.1, 0.15) is 18.2 Å². The van der Waals surface area contributed by atoms with Crippen molar-refractivity contribution in [2.24, 2.45) is 0 Å². The lowest BCUT2D eigenvalue weighted by atomic mass is 10.1. The fraction of sp³-hybridized carbons (Fsp3) is 0.364. The van der Waals surface area contributed by atoms with E-state index in [1.165, 1.54) is 0 Å². The number of aromatic nitrogens is 2. The number of amides is 1. The number of aliphatic carboxylic acids is 1. The monoisotopic (exact) mass is 263 g/mol. The van der Waals surface area contributed by atoms with Crippen LogP contribution >= 0.6 is 0 Å². The molecule has 1 aromatic rings. The molecule has 8 heteroatoms. The second kappa shape index (κ2) is 6.30. The highest BCUT2D eigenvalue weighted by Gasteiger charge is 2.11. The molecule has 1 rings (SSSR count). The minimum Gasteiger partial charge on any atom is -0.480 e. The SMILES string of the molecule is Cc1nnc(NCC(=O)NCC(=O)O)c(C#N)c1C. The molecular formula is C11H13N5O3. The summed E-state index contributed by atoms with van der Waals surface area (Å²) in [6.45, 7) is 2.83. The highest BCUT2D eigenvalue weighted by molar-refractivity contribution is 5.84. The predicted molar refractivity (Wildman–Crippen MR) is 65.4 cm³/mol. The summed E-state index contributed by atoms with van der Waals surface area (Å²) >= 11 is 0. The van der Waals surface area contributed by atoms with Crippen LogP contribution in [-0.4, -0.2) is 40.3 Å². The Morgan fingerprint density at radius 1 is 1.32 bits per heavy atom. The van der Waals surface area contributed by atoms with Gasteiger partial charge in [-0.05, 0) is 19.4 Å². The number of anilines is 1. The lowest BCUT2D eigenvalue weighted by molar-refractivity contribution is -0.137. The molecule has 0 spiro atoms. The van der Waals surface area contributed by atoms with Gasteiger partial charge in [0.25, 0.3) is 0 Å². The molecule has 19 heavy (non-hydrogen) atoms. The first-order chi connectivity index (χ1) is 8.95. The quantitative estimate of drug-likeness (QED) is 0.658. The topological polar surface area (TPSA) is 128 Å². The Balaban J connectivity index is 2.69. The molecule has 0 unspecified atom stereocenters. The van der Waals surface area contributed by atoms with Gasteiger partial charge in [0.05, 0.1) is 12.2 Å². The first kappa shape index (κ1) is 14.4. The van der Waals surface area contributed by atoms with Gasteiger partial charge in [-0.3, -0.25) is 9.59 Å². The fourth-order valence-electron chi connectivity index (χ4n) is 1.27. The predicted octanol–water partition coefficient (Wildman–Crippen LogP) is -0.422. The van der Waals surface area contributed by atoms with Crippen LogP contribution in [0.15, 0.2) is 0 Å². The lowest BCUT2D eigenvalue weighted by Gasteiger charge is -2.09. The number of nitrogens with zero attached hydrogens (tertiary/aromatic N) is 3. The van der Waals surface area contributed by atoms with Crippen LogP contribution in [-0.2, 0) is 9.59 Å². The van der Waals surface area contributed by atoms with E-state index < -0.39 is 18.4 Å². The van der Waals surface area contributed by atoms with Crippen molar-refractivity contribution in [1.82, 2.24) is 15.5 Å². The maximum absolute atomic E-state index is 11.3. The lowest BCUT2D eigenvalue weighted by Crippen LogP contribution is -2.34. The van der Waals surface area contributed by atoms with Crippen molar-refractivity contribution in [3.8, 4) is 6.07 Å². The molecular weight excluding hydrogens is 250 g/mol. The average molecular weight is 263 g/mol. The van der Waals surface area contributed by atoms with E-state index in [9.17, 15) is 9.59 Å². The molecule has 0 fully saturated rings. The van der Waals surface area contributed by atoms with Gasteiger partial charge in [-0.15, -0.1) is 5.10 Å². The highest BCUT2D eigenvalue weighted by atomic mass is 16.4. The number of carboxylic acids is 1. The number of nitrogens with one attached hydrogen (secondary N) is 2. The van der Waals surface area contributed by atoms with E-state index in [4.69, 9.17) is 10.4 Å². The smallest absolute Gasteiger partial charge is 0.322 e. The molecule has 0 saturated heterocycles. The summed E-state index contributed by atoms with van der Waals surface area (Å²) in [5, 5.41) is 29.9. The number of hydrogen-bond acceptors (Lipinski definition) is 6. The minimum absolute atomic E-state index is 0.181. The number of carbonyl (C=O) groups is 2. The molecule has 0 aliphatic rings. The first-order valence-corrected chi connectivity index (χ1v) is 5.42. The van der Waals surface area contributed by atoms with Crippen molar-refractivity contribution in [3.05, 3.63) is 16.8 Å². The fourth-order valence-corrected chi connectivity index (χ4v) is 1.27. The van der Waals surface area contributed by atoms with Crippen LogP contribution in [0.2, 0.25) is 0 Å². The van der Waals surface area contributed by atoms with Crippen LogP contribution < -0.4 is 10.6 Å². The highest BCUT2D eigenvalue weighted by Crippen LogP contribution is 2.16. The average Bonchev–Trinajstić information content (AvgIpc) is 2.37. The van der Waals surface area contributed by atoms with E-state index in [0.717, 1.165) is 0 Å². The van der Waals surface area contributed by atoms with Gasteiger partial charge < -0.3 is 15.7 Å². The molecule has 1 amide bonds. The van der Waals surface area contributed by atoms with Crippen LogP contribution in [0.5, 0.6) is 0 Å². The van der Waals surface area contributed by atoms with E-state index in [1.54, 1.807) is 13.8 Å². The Morgan fingerprint density at radius 3 is 2.58 bits per heavy atom. The zero-order chi connectivity index (χ0) is 14.4. The number of aryl methyl sites for hydroxylation is 1. The van der Waals surface area contributed by atoms with Crippen LogP contribution in [0.3, 0.4) is 0 Å². The molecule has 8 nitrogen and oxygen atoms in total. The van der Waals surface area contributed by atoms with Gasteiger partial charge in [0.2, 0.25) is 5.91 Å². The van der Waals surface area contributed by atoms with Crippen LogP contribution in [0, 0.1) is 25.2 Å². The standard InChI is InChI=1S/C11H13N5O3/c1-6-7(2)15-16-11(8(6)3-12)14-4-9(17)13-5-10(18)19/h4-5H2,1-2H3,(H,13,17)(H,14,16)(H,18,19). The maximum Gasteiger partial charge on any atom is 0.322 e. The molecule has 0 aliphatic carbocycles. The molecule has 0 bridgehead atoms. The van der Waals surface area contributed by atoms with Crippen molar-refractivity contribution >= 4 is 17.7 Å². The summed E-state index contributed by atoms with van der Waals surface area (Å²) in [5.41, 5.74) is 1.64. The molecule has 0 radical (unpaired) electrons. The van der Waals surface area contributed by atoms with Crippen molar-refractivity contribution in [2.75, 3.05) is 18.4 Å². The summed E-state index contributed by atoms with van der Waals surface area (Å²) in [5.74, 6) is -1.43. The summed E-state index contributed by atoms with van der Waals surface area (Å²) in [7, 11) is 0. The second-order valence-electron chi connectivity index (χ2n) is 3.77. The number of hydrogen-bond donors (Lipinski definition) is 3. The number of carbonyl (C=O) groups excluding carboxylic acids is 1. The third kappa shape index (κ3) is 3.92. The zero-order valence-corrected chi connectivity index (χ0v) is 10.5. The maximum atomic E-state index is 11.3. The molecule has 1 heterocycles. The van der Waals surface area contributed by atoms with Crippen molar-refractivity contribution < 1.29 is 14.7 Å². The van der Waals surface area contributed by atoms with Gasteiger partial charge in [0.15, 0.2) is 5.82 Å². The van der Waals surface area contributed by atoms with Gasteiger partial charge in [-0.25, -0.2) is 0 Å². The molecule has 0 aliphatic heterocycles. The summed E-state index contributed by atoms with van der Waals surface area (Å²) in [4.78, 5) is 21.6. The van der Waals surface area contributed by atoms with Crippen LogP contribution in [0.25, 0.3) is 0 Å². The van der Waals surface area contributed by atoms with Crippen molar-refractivity contribution in [2.45, 2.75) is 13.8 Å². The zero-order valence-electron chi connectivity index (χ0n) is 10.5. The Bertz CT molecular complexity index is 550. The minimum atomic E-state index is -1.13. The first-order valence-electron chi connectivity index (χ1n) is 5.42. The van der Waals surface area contributed by atoms with Crippen LogP contribution in [0.1, 0.15) is 16.8 Å². The summed E-state index contributed by atoms with van der Waals surface area (Å²) in [6, 6.07) is 1.99. The number of nitriles is 1. The Hall–Kier alpha value is -2.69. The largest absolute Gasteiger partial charge is 0.480 e. The normalized spacial score (nSPS) is 9.53. The third-order valence-corrected chi connectivity index (χ3v) is 2.42.